The molecule has 1 aromatic heterocycles. The number of aromatic nitrogens is 1. The molecule has 2 aromatic rings. The molecule has 0 radical (unpaired) electrons. The molecule has 6 heteroatoms. The van der Waals surface area contributed by atoms with Crippen LogP contribution in [0.15, 0.2) is 23.6 Å². The third-order valence-corrected chi connectivity index (χ3v) is 4.13. The van der Waals surface area contributed by atoms with E-state index in [4.69, 9.17) is 22.2 Å². The Kier molecular flexibility index (Phi) is 4.76. The quantitative estimate of drug-likeness (QED) is 0.658. The van der Waals surface area contributed by atoms with Crippen LogP contribution in [0.5, 0.6) is 5.75 Å². The number of hydrogen-bond donors (Lipinski definition) is 2. The highest BCUT2D eigenvalue weighted by Crippen LogP contribution is 2.29. The minimum absolute atomic E-state index is 0.0169. The fourth-order valence-electron chi connectivity index (χ4n) is 1.84. The van der Waals surface area contributed by atoms with Gasteiger partial charge in [0.15, 0.2) is 0 Å². The smallest absolute Gasteiger partial charge is 0.137 e. The van der Waals surface area contributed by atoms with E-state index in [2.05, 4.69) is 10.4 Å². The molecule has 1 atom stereocenters. The normalized spacial score (nSPS) is 12.4. The van der Waals surface area contributed by atoms with Crippen molar-refractivity contribution in [3.8, 4) is 5.75 Å². The van der Waals surface area contributed by atoms with Gasteiger partial charge < -0.3 is 4.74 Å². The third-order valence-electron chi connectivity index (χ3n) is 2.82. The largest absolute Gasteiger partial charge is 0.495 e. The second-order valence-electron chi connectivity index (χ2n) is 4.20. The molecular weight excluding hydrogens is 282 g/mol. The fourth-order valence-corrected chi connectivity index (χ4v) is 2.85. The summed E-state index contributed by atoms with van der Waals surface area (Å²) in [4.78, 5) is 4.45. The van der Waals surface area contributed by atoms with Crippen molar-refractivity contribution in [2.24, 2.45) is 5.84 Å². The molecule has 102 valence electrons. The molecule has 0 amide bonds. The van der Waals surface area contributed by atoms with E-state index in [1.54, 1.807) is 18.4 Å². The van der Waals surface area contributed by atoms with Crippen molar-refractivity contribution in [3.63, 3.8) is 0 Å². The van der Waals surface area contributed by atoms with Crippen LogP contribution in [-0.4, -0.2) is 12.1 Å². The van der Waals surface area contributed by atoms with Crippen LogP contribution in [-0.2, 0) is 6.42 Å². The van der Waals surface area contributed by atoms with Crippen molar-refractivity contribution in [1.29, 1.82) is 0 Å². The maximum atomic E-state index is 6.02. The van der Waals surface area contributed by atoms with Crippen LogP contribution in [0.25, 0.3) is 0 Å². The summed E-state index contributed by atoms with van der Waals surface area (Å²) < 4.78 is 5.22. The third kappa shape index (κ3) is 3.45. The molecule has 19 heavy (non-hydrogen) atoms. The minimum Gasteiger partial charge on any atom is -0.495 e. The van der Waals surface area contributed by atoms with Crippen LogP contribution in [0.1, 0.15) is 22.3 Å². The highest BCUT2D eigenvalue weighted by molar-refractivity contribution is 7.09. The number of ether oxygens (including phenoxy) is 1. The van der Waals surface area contributed by atoms with E-state index < -0.39 is 0 Å². The van der Waals surface area contributed by atoms with Crippen molar-refractivity contribution >= 4 is 22.9 Å². The van der Waals surface area contributed by atoms with Crippen LogP contribution >= 0.6 is 22.9 Å². The predicted octanol–water partition coefficient (Wildman–Crippen LogP) is 2.86. The molecule has 0 fully saturated rings. The standard InChI is InChI=1S/C13H16ClN3OS/c1-8-7-19-13(16-8)6-11(17-15)9-3-4-10(14)12(5-9)18-2/h3-5,7,11,17H,6,15H2,1-2H3. The predicted molar refractivity (Wildman–Crippen MR) is 78.6 cm³/mol. The first-order chi connectivity index (χ1) is 9.13. The van der Waals surface area contributed by atoms with Crippen LogP contribution in [0.4, 0.5) is 0 Å². The van der Waals surface area contributed by atoms with Gasteiger partial charge in [-0.05, 0) is 24.6 Å². The lowest BCUT2D eigenvalue weighted by atomic mass is 10.0. The van der Waals surface area contributed by atoms with E-state index in [1.165, 1.54) is 0 Å². The molecule has 1 heterocycles. The average Bonchev–Trinajstić information content (AvgIpc) is 2.82. The number of hydrazine groups is 1. The number of benzene rings is 1. The second kappa shape index (κ2) is 6.34. The zero-order valence-corrected chi connectivity index (χ0v) is 12.4. The van der Waals surface area contributed by atoms with Crippen LogP contribution < -0.4 is 16.0 Å². The van der Waals surface area contributed by atoms with Gasteiger partial charge >= 0.3 is 0 Å². The summed E-state index contributed by atoms with van der Waals surface area (Å²) in [6.07, 6.45) is 0.736. The maximum absolute atomic E-state index is 6.02. The summed E-state index contributed by atoms with van der Waals surface area (Å²) in [5, 5.41) is 3.67. The average molecular weight is 298 g/mol. The Morgan fingerprint density at radius 2 is 2.32 bits per heavy atom. The highest BCUT2D eigenvalue weighted by Gasteiger charge is 2.14. The molecule has 1 unspecified atom stereocenters. The maximum Gasteiger partial charge on any atom is 0.137 e. The number of rotatable bonds is 5. The van der Waals surface area contributed by atoms with Crippen LogP contribution in [0.2, 0.25) is 5.02 Å². The Morgan fingerprint density at radius 3 is 2.89 bits per heavy atom. The van der Waals surface area contributed by atoms with Crippen molar-refractivity contribution in [3.05, 3.63) is 44.9 Å². The first-order valence-corrected chi connectivity index (χ1v) is 7.10. The minimum atomic E-state index is -0.0169. The lowest BCUT2D eigenvalue weighted by Crippen LogP contribution is -2.29. The molecule has 1 aromatic carbocycles. The molecule has 0 aliphatic rings. The summed E-state index contributed by atoms with van der Waals surface area (Å²) >= 11 is 7.66. The van der Waals surface area contributed by atoms with Gasteiger partial charge in [-0.1, -0.05) is 17.7 Å². The molecular formula is C13H16ClN3OS. The number of thiazole rings is 1. The van der Waals surface area contributed by atoms with Gasteiger partial charge in [0.05, 0.1) is 23.2 Å². The number of nitrogens with zero attached hydrogens (tertiary/aromatic N) is 1. The fraction of sp³-hybridized carbons (Fsp3) is 0.308. The Morgan fingerprint density at radius 1 is 1.53 bits per heavy atom. The first-order valence-electron chi connectivity index (χ1n) is 5.84. The Hall–Kier alpha value is -1.14. The van der Waals surface area contributed by atoms with E-state index >= 15 is 0 Å². The zero-order valence-electron chi connectivity index (χ0n) is 10.8. The number of methoxy groups -OCH3 is 1. The van der Waals surface area contributed by atoms with Gasteiger partial charge in [-0.3, -0.25) is 11.3 Å². The number of halogens is 1. The summed E-state index contributed by atoms with van der Waals surface area (Å²) in [7, 11) is 1.60. The molecule has 0 bridgehead atoms. The van der Waals surface area contributed by atoms with Gasteiger partial charge in [0.1, 0.15) is 5.75 Å². The summed E-state index contributed by atoms with van der Waals surface area (Å²) in [5.74, 6) is 6.29. The topological polar surface area (TPSA) is 60.2 Å². The first kappa shape index (κ1) is 14.3. The van der Waals surface area contributed by atoms with Crippen molar-refractivity contribution in [2.45, 2.75) is 19.4 Å². The number of aryl methyl sites for hydroxylation is 1. The van der Waals surface area contributed by atoms with E-state index in [-0.39, 0.29) is 6.04 Å². The van der Waals surface area contributed by atoms with Crippen LogP contribution in [0.3, 0.4) is 0 Å². The second-order valence-corrected chi connectivity index (χ2v) is 5.55. The molecule has 0 aliphatic heterocycles. The summed E-state index contributed by atoms with van der Waals surface area (Å²) in [6.45, 7) is 1.98. The number of hydrogen-bond acceptors (Lipinski definition) is 5. The van der Waals surface area contributed by atoms with Crippen molar-refractivity contribution in [1.82, 2.24) is 10.4 Å². The van der Waals surface area contributed by atoms with Crippen molar-refractivity contribution < 1.29 is 4.74 Å². The van der Waals surface area contributed by atoms with Gasteiger partial charge in [-0.2, -0.15) is 0 Å². The molecule has 0 spiro atoms. The van der Waals surface area contributed by atoms with E-state index in [0.717, 1.165) is 22.7 Å². The van der Waals surface area contributed by atoms with Crippen LogP contribution in [0, 0.1) is 6.92 Å². The molecule has 0 aliphatic carbocycles. The Balaban J connectivity index is 2.21. The molecule has 2 rings (SSSR count). The molecule has 0 saturated heterocycles. The van der Waals surface area contributed by atoms with Gasteiger partial charge in [0.2, 0.25) is 0 Å². The molecule has 3 N–H and O–H groups in total. The van der Waals surface area contributed by atoms with Gasteiger partial charge in [0, 0.05) is 17.5 Å². The lowest BCUT2D eigenvalue weighted by Gasteiger charge is -2.16. The summed E-state index contributed by atoms with van der Waals surface area (Å²) in [5.41, 5.74) is 4.87. The van der Waals surface area contributed by atoms with Gasteiger partial charge in [0.25, 0.3) is 0 Å². The van der Waals surface area contributed by atoms with Gasteiger partial charge in [-0.25, -0.2) is 4.98 Å². The Bertz CT molecular complexity index is 559. The van der Waals surface area contributed by atoms with E-state index in [0.29, 0.717) is 10.8 Å². The van der Waals surface area contributed by atoms with Crippen molar-refractivity contribution in [2.75, 3.05) is 7.11 Å². The summed E-state index contributed by atoms with van der Waals surface area (Å²) in [6, 6.07) is 5.63. The monoisotopic (exact) mass is 297 g/mol. The Labute approximate surface area is 121 Å². The molecule has 4 nitrogen and oxygen atoms in total. The SMILES string of the molecule is COc1cc(C(Cc2nc(C)cs2)NN)ccc1Cl. The van der Waals surface area contributed by atoms with Gasteiger partial charge in [-0.15, -0.1) is 11.3 Å². The molecule has 0 saturated carbocycles. The highest BCUT2D eigenvalue weighted by atomic mass is 35.5. The zero-order chi connectivity index (χ0) is 13.8. The lowest BCUT2D eigenvalue weighted by molar-refractivity contribution is 0.413. The number of nitrogens with one attached hydrogen (secondary N) is 1. The van der Waals surface area contributed by atoms with E-state index in [1.807, 2.05) is 30.5 Å². The van der Waals surface area contributed by atoms with E-state index in [9.17, 15) is 0 Å². The number of nitrogens with two attached hydrogens (primary N) is 1.